The lowest BCUT2D eigenvalue weighted by Gasteiger charge is -2.32. The summed E-state index contributed by atoms with van der Waals surface area (Å²) in [6.45, 7) is 3.18. The van der Waals surface area contributed by atoms with Crippen molar-refractivity contribution in [3.05, 3.63) is 59.8 Å². The highest BCUT2D eigenvalue weighted by Gasteiger charge is 2.27. The second-order valence-corrected chi connectivity index (χ2v) is 9.21. The summed E-state index contributed by atoms with van der Waals surface area (Å²) in [5.41, 5.74) is 2.69. The zero-order valence-corrected chi connectivity index (χ0v) is 21.3. The Balaban J connectivity index is 1.35. The zero-order valence-electron chi connectivity index (χ0n) is 21.3. The average molecular weight is 519 g/mol. The largest absolute Gasteiger partial charge is 0.496 e. The van der Waals surface area contributed by atoms with Crippen LogP contribution in [0.15, 0.2) is 42.9 Å². The van der Waals surface area contributed by atoms with Crippen LogP contribution in [0.4, 0.5) is 5.82 Å². The normalized spacial score (nSPS) is 14.9. The number of amides is 1. The number of carbonyl (C=O) groups is 1. The summed E-state index contributed by atoms with van der Waals surface area (Å²) in [6, 6.07) is 6.91. The number of hydrogen-bond acceptors (Lipinski definition) is 10. The quantitative estimate of drug-likeness (QED) is 0.301. The maximum atomic E-state index is 12.8. The summed E-state index contributed by atoms with van der Waals surface area (Å²) >= 11 is 0. The maximum absolute atomic E-state index is 12.8. The van der Waals surface area contributed by atoms with Crippen molar-refractivity contribution in [1.29, 1.82) is 0 Å². The van der Waals surface area contributed by atoms with Gasteiger partial charge in [-0.15, -0.1) is 0 Å². The van der Waals surface area contributed by atoms with Gasteiger partial charge in [0.2, 0.25) is 0 Å². The molecule has 0 spiro atoms. The average Bonchev–Trinajstić information content (AvgIpc) is 3.41. The van der Waals surface area contributed by atoms with Crippen LogP contribution >= 0.6 is 0 Å². The van der Waals surface area contributed by atoms with Crippen LogP contribution in [-0.4, -0.2) is 74.0 Å². The summed E-state index contributed by atoms with van der Waals surface area (Å²) in [5.74, 6) is 1.20. The van der Waals surface area contributed by atoms with Gasteiger partial charge in [-0.25, -0.2) is 4.98 Å². The number of piperidine rings is 1. The molecule has 0 aliphatic carbocycles. The van der Waals surface area contributed by atoms with Gasteiger partial charge in [-0.2, -0.15) is 15.1 Å². The van der Waals surface area contributed by atoms with Crippen molar-refractivity contribution in [2.45, 2.75) is 38.3 Å². The number of H-pyrrole nitrogens is 1. The standard InChI is InChI=1S/C26H30N8O4/c1-16(14-35)29-25(36)19-12-21(31-26(30-19)38-15-17-4-3-8-27-13-17)34-10-6-18(7-11-34)23-22-20(37-2)5-9-28-24(22)33-32-23/h3-5,8-9,12-13,16,18,35H,6-7,10-11,14-15H2,1-2H3,(H,29,36)(H,28,32,33)/t16-/m1/s1. The number of ether oxygens (including phenoxy) is 2. The number of aromatic nitrogens is 6. The molecule has 3 N–H and O–H groups in total. The molecule has 1 aliphatic rings. The summed E-state index contributed by atoms with van der Waals surface area (Å²) in [5, 5.41) is 20.5. The van der Waals surface area contributed by atoms with Gasteiger partial charge in [0.1, 0.15) is 23.9 Å². The van der Waals surface area contributed by atoms with Crippen LogP contribution in [0.3, 0.4) is 0 Å². The van der Waals surface area contributed by atoms with Crippen molar-refractivity contribution >= 4 is 22.8 Å². The number of rotatable bonds is 9. The fourth-order valence-electron chi connectivity index (χ4n) is 4.53. The van der Waals surface area contributed by atoms with Crippen LogP contribution < -0.4 is 19.7 Å². The van der Waals surface area contributed by atoms with E-state index in [-0.39, 0.29) is 30.8 Å². The molecular formula is C26H30N8O4. The summed E-state index contributed by atoms with van der Waals surface area (Å²) in [7, 11) is 1.65. The Morgan fingerprint density at radius 1 is 1.26 bits per heavy atom. The fourth-order valence-corrected chi connectivity index (χ4v) is 4.53. The molecule has 0 saturated carbocycles. The molecule has 12 heteroatoms. The number of aromatic amines is 1. The van der Waals surface area contributed by atoms with Crippen molar-refractivity contribution in [3.8, 4) is 11.8 Å². The predicted octanol–water partition coefficient (Wildman–Crippen LogP) is 2.23. The molecule has 0 bridgehead atoms. The third-order valence-electron chi connectivity index (χ3n) is 6.56. The second kappa shape index (κ2) is 11.4. The summed E-state index contributed by atoms with van der Waals surface area (Å²) < 4.78 is 11.4. The number of methoxy groups -OCH3 is 1. The van der Waals surface area contributed by atoms with E-state index in [9.17, 15) is 9.90 Å². The molecule has 1 aliphatic heterocycles. The van der Waals surface area contributed by atoms with Crippen LogP contribution in [0.2, 0.25) is 0 Å². The molecule has 4 aromatic rings. The first-order valence-electron chi connectivity index (χ1n) is 12.5. The SMILES string of the molecule is COc1ccnc2n[nH]c(C3CCN(c4cc(C(=O)N[C@H](C)CO)nc(OCc5cccnc5)n4)CC3)c12. The molecule has 4 aromatic heterocycles. The highest BCUT2D eigenvalue weighted by atomic mass is 16.5. The summed E-state index contributed by atoms with van der Waals surface area (Å²) in [6.07, 6.45) is 6.76. The van der Waals surface area contributed by atoms with Gasteiger partial charge in [0.25, 0.3) is 5.91 Å². The Kier molecular flexibility index (Phi) is 7.59. The van der Waals surface area contributed by atoms with E-state index in [4.69, 9.17) is 9.47 Å². The number of aliphatic hydroxyl groups is 1. The number of nitrogens with one attached hydrogen (secondary N) is 2. The molecule has 1 amide bonds. The molecule has 0 unspecified atom stereocenters. The van der Waals surface area contributed by atoms with E-state index in [2.05, 4.69) is 40.3 Å². The Hall–Kier alpha value is -4.32. The van der Waals surface area contributed by atoms with E-state index in [1.807, 2.05) is 18.2 Å². The van der Waals surface area contributed by atoms with Gasteiger partial charge < -0.3 is 24.8 Å². The summed E-state index contributed by atoms with van der Waals surface area (Å²) in [4.78, 5) is 32.4. The fraction of sp³-hybridized carbons (Fsp3) is 0.385. The first-order chi connectivity index (χ1) is 18.6. The lowest BCUT2D eigenvalue weighted by Crippen LogP contribution is -2.36. The first kappa shape index (κ1) is 25.3. The van der Waals surface area contributed by atoms with E-state index >= 15 is 0 Å². The number of anilines is 1. The van der Waals surface area contributed by atoms with E-state index in [1.165, 1.54) is 0 Å². The van der Waals surface area contributed by atoms with Crippen molar-refractivity contribution in [2.24, 2.45) is 0 Å². The molecule has 5 heterocycles. The van der Waals surface area contributed by atoms with Gasteiger partial charge in [0, 0.05) is 55.3 Å². The maximum Gasteiger partial charge on any atom is 0.319 e. The lowest BCUT2D eigenvalue weighted by atomic mass is 9.92. The van der Waals surface area contributed by atoms with Gasteiger partial charge in [0.15, 0.2) is 5.65 Å². The van der Waals surface area contributed by atoms with Gasteiger partial charge >= 0.3 is 6.01 Å². The lowest BCUT2D eigenvalue weighted by molar-refractivity contribution is 0.0915. The van der Waals surface area contributed by atoms with Gasteiger partial charge in [-0.05, 0) is 31.9 Å². The Morgan fingerprint density at radius 2 is 2.11 bits per heavy atom. The third kappa shape index (κ3) is 5.49. The minimum absolute atomic E-state index is 0.102. The molecule has 198 valence electrons. The molecule has 38 heavy (non-hydrogen) atoms. The van der Waals surface area contributed by atoms with Crippen LogP contribution in [0.25, 0.3) is 11.0 Å². The molecular weight excluding hydrogens is 488 g/mol. The molecule has 0 radical (unpaired) electrons. The van der Waals surface area contributed by atoms with Gasteiger partial charge in [0.05, 0.1) is 24.8 Å². The highest BCUT2D eigenvalue weighted by molar-refractivity contribution is 5.93. The number of hydrogen-bond donors (Lipinski definition) is 3. The van der Waals surface area contributed by atoms with Crippen molar-refractivity contribution in [3.63, 3.8) is 0 Å². The number of carbonyl (C=O) groups excluding carboxylic acids is 1. The number of nitrogens with zero attached hydrogens (tertiary/aromatic N) is 6. The molecule has 1 fully saturated rings. The van der Waals surface area contributed by atoms with Crippen LogP contribution in [0.5, 0.6) is 11.8 Å². The molecule has 5 rings (SSSR count). The highest BCUT2D eigenvalue weighted by Crippen LogP contribution is 2.36. The van der Waals surface area contributed by atoms with E-state index in [0.717, 1.165) is 35.2 Å². The Bertz CT molecular complexity index is 1390. The first-order valence-corrected chi connectivity index (χ1v) is 12.5. The van der Waals surface area contributed by atoms with E-state index < -0.39 is 11.9 Å². The van der Waals surface area contributed by atoms with Crippen LogP contribution in [0, 0.1) is 0 Å². The van der Waals surface area contributed by atoms with Crippen LogP contribution in [0.1, 0.15) is 47.4 Å². The van der Waals surface area contributed by atoms with Gasteiger partial charge in [-0.1, -0.05) is 6.07 Å². The number of pyridine rings is 2. The van der Waals surface area contributed by atoms with E-state index in [0.29, 0.717) is 24.6 Å². The smallest absolute Gasteiger partial charge is 0.319 e. The third-order valence-corrected chi connectivity index (χ3v) is 6.56. The molecule has 12 nitrogen and oxygen atoms in total. The van der Waals surface area contributed by atoms with Crippen molar-refractivity contribution in [2.75, 3.05) is 31.7 Å². The Morgan fingerprint density at radius 3 is 2.84 bits per heavy atom. The van der Waals surface area contributed by atoms with Crippen molar-refractivity contribution in [1.82, 2.24) is 35.5 Å². The minimum atomic E-state index is -0.410. The molecule has 0 aromatic carbocycles. The predicted molar refractivity (Wildman–Crippen MR) is 139 cm³/mol. The van der Waals surface area contributed by atoms with Crippen molar-refractivity contribution < 1.29 is 19.4 Å². The minimum Gasteiger partial charge on any atom is -0.496 e. The van der Waals surface area contributed by atoms with E-state index in [1.54, 1.807) is 38.7 Å². The number of fused-ring (bicyclic) bond motifs is 1. The zero-order chi connectivity index (χ0) is 26.5. The molecule has 1 atom stereocenters. The monoisotopic (exact) mass is 518 g/mol. The Labute approximate surface area is 219 Å². The number of aliphatic hydroxyl groups excluding tert-OH is 1. The molecule has 1 saturated heterocycles. The van der Waals surface area contributed by atoms with Gasteiger partial charge in [-0.3, -0.25) is 14.9 Å². The second-order valence-electron chi connectivity index (χ2n) is 9.21. The van der Waals surface area contributed by atoms with Crippen LogP contribution in [-0.2, 0) is 6.61 Å². The topological polar surface area (TPSA) is 151 Å².